The van der Waals surface area contributed by atoms with Crippen LogP contribution in [-0.4, -0.2) is 23.8 Å². The number of ether oxygens (including phenoxy) is 1. The molecule has 0 fully saturated rings. The van der Waals surface area contributed by atoms with E-state index in [9.17, 15) is 0 Å². The summed E-state index contributed by atoms with van der Waals surface area (Å²) in [6, 6.07) is 0. The van der Waals surface area contributed by atoms with Gasteiger partial charge in [-0.25, -0.2) is 0 Å². The average molecular weight is 199 g/mol. The summed E-state index contributed by atoms with van der Waals surface area (Å²) in [6.07, 6.45) is 0. The summed E-state index contributed by atoms with van der Waals surface area (Å²) in [5.41, 5.74) is -0.482. The maximum atomic E-state index is 5.50. The minimum Gasteiger partial charge on any atom is -0.368 e. The van der Waals surface area contributed by atoms with Gasteiger partial charge in [-0.2, -0.15) is 4.98 Å². The number of hydrogen-bond donors (Lipinski definition) is 1. The first-order chi connectivity index (χ1) is 6.60. The molecule has 0 saturated carbocycles. The highest BCUT2D eigenvalue weighted by molar-refractivity contribution is 4.97. The first-order valence-corrected chi connectivity index (χ1v) is 4.71. The molecule has 5 heteroatoms. The van der Waals surface area contributed by atoms with Crippen LogP contribution in [0.15, 0.2) is 4.52 Å². The van der Waals surface area contributed by atoms with E-state index in [1.54, 1.807) is 0 Å². The molecule has 0 aliphatic carbocycles. The van der Waals surface area contributed by atoms with Crippen molar-refractivity contribution in [3.8, 4) is 0 Å². The van der Waals surface area contributed by atoms with Gasteiger partial charge in [-0.1, -0.05) is 5.16 Å². The quantitative estimate of drug-likeness (QED) is 0.768. The number of rotatable bonds is 5. The van der Waals surface area contributed by atoms with E-state index in [1.165, 1.54) is 0 Å². The van der Waals surface area contributed by atoms with Crippen LogP contribution >= 0.6 is 0 Å². The van der Waals surface area contributed by atoms with Gasteiger partial charge in [0.1, 0.15) is 5.60 Å². The Bertz CT molecular complexity index is 283. The summed E-state index contributed by atoms with van der Waals surface area (Å²) in [7, 11) is 1.83. The minimum absolute atomic E-state index is 0.482. The molecule has 14 heavy (non-hydrogen) atoms. The summed E-state index contributed by atoms with van der Waals surface area (Å²) in [6.45, 7) is 6.99. The molecule has 0 spiro atoms. The average Bonchev–Trinajstić information content (AvgIpc) is 2.54. The Morgan fingerprint density at radius 2 is 2.21 bits per heavy atom. The molecule has 0 aliphatic heterocycles. The van der Waals surface area contributed by atoms with Gasteiger partial charge in [0.25, 0.3) is 0 Å². The third-order valence-corrected chi connectivity index (χ3v) is 1.84. The van der Waals surface area contributed by atoms with Crippen LogP contribution in [-0.2, 0) is 16.9 Å². The largest absolute Gasteiger partial charge is 0.368 e. The monoisotopic (exact) mass is 199 g/mol. The van der Waals surface area contributed by atoms with E-state index in [4.69, 9.17) is 9.26 Å². The normalized spacial score (nSPS) is 12.0. The lowest BCUT2D eigenvalue weighted by atomic mass is 10.1. The molecule has 0 saturated heterocycles. The molecule has 1 rings (SSSR count). The molecular formula is C9H17N3O2. The number of hydrogen-bond acceptors (Lipinski definition) is 5. The Hall–Kier alpha value is -0.940. The second-order valence-electron chi connectivity index (χ2n) is 3.49. The van der Waals surface area contributed by atoms with Crippen LogP contribution < -0.4 is 5.32 Å². The van der Waals surface area contributed by atoms with Gasteiger partial charge in [0.15, 0.2) is 0 Å². The summed E-state index contributed by atoms with van der Waals surface area (Å²) < 4.78 is 10.5. The van der Waals surface area contributed by atoms with Crippen LogP contribution in [0.4, 0.5) is 0 Å². The van der Waals surface area contributed by atoms with Crippen LogP contribution in [0.5, 0.6) is 0 Å². The standard InChI is InChI=1S/C9H17N3O2/c1-5-13-9(2,3)8-11-7(6-10-4)14-12-8/h10H,5-6H2,1-4H3. The third-order valence-electron chi connectivity index (χ3n) is 1.84. The lowest BCUT2D eigenvalue weighted by Gasteiger charge is -2.19. The van der Waals surface area contributed by atoms with Gasteiger partial charge < -0.3 is 14.6 Å². The molecule has 0 bridgehead atoms. The molecule has 1 aromatic rings. The molecule has 0 unspecified atom stereocenters. The fourth-order valence-corrected chi connectivity index (χ4v) is 1.15. The van der Waals surface area contributed by atoms with Crippen molar-refractivity contribution in [2.24, 2.45) is 0 Å². The van der Waals surface area contributed by atoms with Gasteiger partial charge in [0.05, 0.1) is 6.54 Å². The van der Waals surface area contributed by atoms with Gasteiger partial charge in [0.2, 0.25) is 11.7 Å². The van der Waals surface area contributed by atoms with Crippen molar-refractivity contribution in [3.63, 3.8) is 0 Å². The van der Waals surface area contributed by atoms with Crippen molar-refractivity contribution in [1.82, 2.24) is 15.5 Å². The molecule has 1 N–H and O–H groups in total. The molecule has 1 aromatic heterocycles. The fourth-order valence-electron chi connectivity index (χ4n) is 1.15. The van der Waals surface area contributed by atoms with E-state index in [-0.39, 0.29) is 0 Å². The summed E-state index contributed by atoms with van der Waals surface area (Å²) >= 11 is 0. The lowest BCUT2D eigenvalue weighted by molar-refractivity contribution is -0.0221. The molecule has 0 radical (unpaired) electrons. The highest BCUT2D eigenvalue weighted by Crippen LogP contribution is 2.21. The van der Waals surface area contributed by atoms with Gasteiger partial charge in [-0.05, 0) is 27.8 Å². The molecule has 1 heterocycles. The van der Waals surface area contributed by atoms with Crippen LogP contribution in [0.2, 0.25) is 0 Å². The first kappa shape index (κ1) is 11.1. The number of nitrogens with one attached hydrogen (secondary N) is 1. The van der Waals surface area contributed by atoms with Crippen molar-refractivity contribution in [1.29, 1.82) is 0 Å². The van der Waals surface area contributed by atoms with Crippen molar-refractivity contribution in [2.75, 3.05) is 13.7 Å². The second-order valence-corrected chi connectivity index (χ2v) is 3.49. The Kier molecular flexibility index (Phi) is 3.60. The second kappa shape index (κ2) is 4.52. The van der Waals surface area contributed by atoms with Crippen LogP contribution in [0.1, 0.15) is 32.5 Å². The number of nitrogens with zero attached hydrogens (tertiary/aromatic N) is 2. The molecule has 0 amide bonds. The predicted octanol–water partition coefficient (Wildman–Crippen LogP) is 1.06. The lowest BCUT2D eigenvalue weighted by Crippen LogP contribution is -2.23. The molecule has 0 aromatic carbocycles. The summed E-state index contributed by atoms with van der Waals surface area (Å²) in [4.78, 5) is 4.22. The molecule has 5 nitrogen and oxygen atoms in total. The molecule has 80 valence electrons. The number of aromatic nitrogens is 2. The van der Waals surface area contributed by atoms with E-state index in [0.717, 1.165) is 0 Å². The van der Waals surface area contributed by atoms with Crippen LogP contribution in [0.25, 0.3) is 0 Å². The smallest absolute Gasteiger partial charge is 0.240 e. The van der Waals surface area contributed by atoms with Gasteiger partial charge >= 0.3 is 0 Å². The zero-order valence-electron chi connectivity index (χ0n) is 9.13. The highest BCUT2D eigenvalue weighted by Gasteiger charge is 2.26. The maximum absolute atomic E-state index is 5.50. The van der Waals surface area contributed by atoms with Crippen molar-refractivity contribution in [2.45, 2.75) is 32.9 Å². The fraction of sp³-hybridized carbons (Fsp3) is 0.778. The van der Waals surface area contributed by atoms with Crippen LogP contribution in [0, 0.1) is 0 Å². The summed E-state index contributed by atoms with van der Waals surface area (Å²) in [5, 5.41) is 6.82. The third kappa shape index (κ3) is 2.52. The van der Waals surface area contributed by atoms with Crippen molar-refractivity contribution >= 4 is 0 Å². The Balaban J connectivity index is 2.74. The van der Waals surface area contributed by atoms with Crippen LogP contribution in [0.3, 0.4) is 0 Å². The Morgan fingerprint density at radius 3 is 2.79 bits per heavy atom. The van der Waals surface area contributed by atoms with E-state index >= 15 is 0 Å². The topological polar surface area (TPSA) is 60.2 Å². The predicted molar refractivity (Wildman–Crippen MR) is 51.7 cm³/mol. The molecule has 0 aliphatic rings. The first-order valence-electron chi connectivity index (χ1n) is 4.71. The molecular weight excluding hydrogens is 182 g/mol. The van der Waals surface area contributed by atoms with Crippen molar-refractivity contribution < 1.29 is 9.26 Å². The SMILES string of the molecule is CCOC(C)(C)c1noc(CNC)n1. The zero-order valence-corrected chi connectivity index (χ0v) is 9.13. The van der Waals surface area contributed by atoms with Gasteiger partial charge in [-0.15, -0.1) is 0 Å². The van der Waals surface area contributed by atoms with E-state index in [0.29, 0.717) is 24.9 Å². The minimum atomic E-state index is -0.482. The Labute approximate surface area is 83.8 Å². The maximum Gasteiger partial charge on any atom is 0.240 e. The Morgan fingerprint density at radius 1 is 1.50 bits per heavy atom. The zero-order chi connectivity index (χ0) is 10.6. The van der Waals surface area contributed by atoms with Gasteiger partial charge in [-0.3, -0.25) is 0 Å². The van der Waals surface area contributed by atoms with E-state index in [2.05, 4.69) is 15.5 Å². The highest BCUT2D eigenvalue weighted by atomic mass is 16.5. The summed E-state index contributed by atoms with van der Waals surface area (Å²) in [5.74, 6) is 1.17. The van der Waals surface area contributed by atoms with E-state index in [1.807, 2.05) is 27.8 Å². The molecule has 0 atom stereocenters. The van der Waals surface area contributed by atoms with Gasteiger partial charge in [0, 0.05) is 6.61 Å². The van der Waals surface area contributed by atoms with Crippen molar-refractivity contribution in [3.05, 3.63) is 11.7 Å². The van der Waals surface area contributed by atoms with E-state index < -0.39 is 5.60 Å².